The summed E-state index contributed by atoms with van der Waals surface area (Å²) in [5, 5.41) is -0.454. The summed E-state index contributed by atoms with van der Waals surface area (Å²) in [5.74, 6) is 0. The van der Waals surface area contributed by atoms with Crippen LogP contribution in [0.4, 0.5) is 0 Å². The van der Waals surface area contributed by atoms with Crippen LogP contribution in [0.2, 0.25) is 0 Å². The third-order valence-corrected chi connectivity index (χ3v) is 5.36. The van der Waals surface area contributed by atoms with Gasteiger partial charge in [0.15, 0.2) is 0 Å². The van der Waals surface area contributed by atoms with E-state index in [1.165, 1.54) is 0 Å². The van der Waals surface area contributed by atoms with Gasteiger partial charge in [0.25, 0.3) is 5.24 Å². The van der Waals surface area contributed by atoms with Crippen LogP contribution in [0.5, 0.6) is 0 Å². The van der Waals surface area contributed by atoms with Gasteiger partial charge in [0.2, 0.25) is 0 Å². The topological polar surface area (TPSA) is 17.1 Å². The van der Waals surface area contributed by atoms with Crippen LogP contribution in [-0.2, 0) is 5.41 Å². The average Bonchev–Trinajstić information content (AvgIpc) is 2.77. The van der Waals surface area contributed by atoms with Crippen molar-refractivity contribution in [1.29, 1.82) is 0 Å². The number of benzene rings is 4. The van der Waals surface area contributed by atoms with Crippen LogP contribution in [0.1, 0.15) is 32.6 Å². The van der Waals surface area contributed by atoms with Gasteiger partial charge in [-0.15, -0.1) is 0 Å². The van der Waals surface area contributed by atoms with Crippen LogP contribution < -0.4 is 0 Å². The average molecular weight is 383 g/mol. The fourth-order valence-corrected chi connectivity index (χ4v) is 4.06. The Bertz CT molecular complexity index is 976. The van der Waals surface area contributed by atoms with Crippen LogP contribution in [0.25, 0.3) is 0 Å². The highest BCUT2D eigenvalue weighted by Crippen LogP contribution is 2.45. The van der Waals surface area contributed by atoms with Gasteiger partial charge in [0, 0.05) is 5.56 Å². The van der Waals surface area contributed by atoms with E-state index in [0.29, 0.717) is 5.56 Å². The van der Waals surface area contributed by atoms with Crippen molar-refractivity contribution in [2.75, 3.05) is 0 Å². The van der Waals surface area contributed by atoms with E-state index in [4.69, 9.17) is 11.6 Å². The van der Waals surface area contributed by atoms with Gasteiger partial charge in [-0.25, -0.2) is 0 Å². The van der Waals surface area contributed by atoms with E-state index in [1.807, 2.05) is 66.7 Å². The monoisotopic (exact) mass is 382 g/mol. The Hall–Kier alpha value is -3.16. The molecule has 0 atom stereocenters. The fourth-order valence-electron chi connectivity index (χ4n) is 3.94. The number of hydrogen-bond acceptors (Lipinski definition) is 1. The van der Waals surface area contributed by atoms with Crippen LogP contribution in [0.3, 0.4) is 0 Å². The van der Waals surface area contributed by atoms with Gasteiger partial charge < -0.3 is 0 Å². The molecule has 0 aliphatic heterocycles. The molecule has 0 unspecified atom stereocenters. The molecular formula is C26H19ClO. The zero-order valence-corrected chi connectivity index (χ0v) is 16.0. The van der Waals surface area contributed by atoms with Crippen molar-refractivity contribution in [3.05, 3.63) is 143 Å². The third-order valence-electron chi connectivity index (χ3n) is 5.14. The van der Waals surface area contributed by atoms with Crippen molar-refractivity contribution < 1.29 is 4.79 Å². The molecule has 0 amide bonds. The molecule has 1 nitrogen and oxygen atoms in total. The lowest BCUT2D eigenvalue weighted by Crippen LogP contribution is -2.31. The first kappa shape index (κ1) is 18.2. The smallest absolute Gasteiger partial charge is 0.252 e. The fraction of sp³-hybridized carbons (Fsp3) is 0.0385. The maximum Gasteiger partial charge on any atom is 0.252 e. The van der Waals surface area contributed by atoms with E-state index < -0.39 is 10.7 Å². The number of hydrogen-bond donors (Lipinski definition) is 0. The zero-order valence-electron chi connectivity index (χ0n) is 15.3. The van der Waals surface area contributed by atoms with Gasteiger partial charge in [0.05, 0.1) is 5.41 Å². The molecule has 0 aromatic heterocycles. The van der Waals surface area contributed by atoms with Gasteiger partial charge in [-0.3, -0.25) is 4.79 Å². The van der Waals surface area contributed by atoms with Gasteiger partial charge in [-0.05, 0) is 39.9 Å². The molecule has 0 spiro atoms. The third kappa shape index (κ3) is 3.15. The maximum atomic E-state index is 11.9. The van der Waals surface area contributed by atoms with Crippen molar-refractivity contribution >= 4 is 16.8 Å². The lowest BCUT2D eigenvalue weighted by Gasteiger charge is -2.37. The van der Waals surface area contributed by atoms with Crippen molar-refractivity contribution in [2.24, 2.45) is 0 Å². The van der Waals surface area contributed by atoms with Crippen molar-refractivity contribution in [1.82, 2.24) is 0 Å². The highest BCUT2D eigenvalue weighted by molar-refractivity contribution is 6.67. The highest BCUT2D eigenvalue weighted by Gasteiger charge is 2.38. The number of carbonyl (C=O) groups is 1. The van der Waals surface area contributed by atoms with Crippen LogP contribution in [-0.4, -0.2) is 5.24 Å². The maximum absolute atomic E-state index is 11.9. The molecule has 0 N–H and O–H groups in total. The second-order valence-corrected chi connectivity index (χ2v) is 7.05. The van der Waals surface area contributed by atoms with Crippen molar-refractivity contribution in [2.45, 2.75) is 5.41 Å². The summed E-state index contributed by atoms with van der Waals surface area (Å²) in [4.78, 5) is 11.9. The zero-order chi connectivity index (χ0) is 19.4. The predicted molar refractivity (Wildman–Crippen MR) is 115 cm³/mol. The van der Waals surface area contributed by atoms with Crippen molar-refractivity contribution in [3.63, 3.8) is 0 Å². The van der Waals surface area contributed by atoms with Gasteiger partial charge in [-0.1, -0.05) is 109 Å². The summed E-state index contributed by atoms with van der Waals surface area (Å²) in [7, 11) is 0. The lowest BCUT2D eigenvalue weighted by atomic mass is 9.65. The van der Waals surface area contributed by atoms with Crippen molar-refractivity contribution in [3.8, 4) is 0 Å². The standard InChI is InChI=1S/C26H19ClO/c27-25(28)20-11-10-18-24(19-20)26(21-12-4-1-5-13-21,22-14-6-2-7-15-22)23-16-8-3-9-17-23/h1-19H. The minimum Gasteiger partial charge on any atom is -0.276 e. The number of rotatable bonds is 5. The normalized spacial score (nSPS) is 11.2. The Kier molecular flexibility index (Phi) is 5.10. The van der Waals surface area contributed by atoms with E-state index in [0.717, 1.165) is 22.3 Å². The summed E-state index contributed by atoms with van der Waals surface area (Å²) in [5.41, 5.74) is 4.32. The molecule has 4 aromatic carbocycles. The molecule has 136 valence electrons. The van der Waals surface area contributed by atoms with Gasteiger partial charge in [0.1, 0.15) is 0 Å². The molecule has 0 bridgehead atoms. The Morgan fingerprint density at radius 1 is 0.536 bits per heavy atom. The van der Waals surface area contributed by atoms with Gasteiger partial charge >= 0.3 is 0 Å². The van der Waals surface area contributed by atoms with E-state index >= 15 is 0 Å². The minimum absolute atomic E-state index is 0.454. The molecule has 0 fully saturated rings. The summed E-state index contributed by atoms with van der Waals surface area (Å²) in [6.45, 7) is 0. The minimum atomic E-state index is -0.563. The first-order chi connectivity index (χ1) is 13.7. The Labute approximate surface area is 170 Å². The molecule has 0 aliphatic rings. The molecule has 0 saturated heterocycles. The Morgan fingerprint density at radius 3 is 1.32 bits per heavy atom. The predicted octanol–water partition coefficient (Wildman–Crippen LogP) is 6.45. The molecule has 0 saturated carbocycles. The first-order valence-electron chi connectivity index (χ1n) is 9.20. The number of halogens is 1. The van der Waals surface area contributed by atoms with Crippen LogP contribution >= 0.6 is 11.6 Å². The lowest BCUT2D eigenvalue weighted by molar-refractivity contribution is 0.108. The van der Waals surface area contributed by atoms with E-state index in [2.05, 4.69) is 42.5 Å². The largest absolute Gasteiger partial charge is 0.276 e. The molecule has 28 heavy (non-hydrogen) atoms. The quantitative estimate of drug-likeness (QED) is 0.286. The molecule has 4 aromatic rings. The molecular weight excluding hydrogens is 364 g/mol. The molecule has 0 radical (unpaired) electrons. The number of carbonyl (C=O) groups excluding carboxylic acids is 1. The summed E-state index contributed by atoms with van der Waals surface area (Å²) in [6.07, 6.45) is 0. The molecule has 0 aliphatic carbocycles. The summed E-state index contributed by atoms with van der Waals surface area (Å²) < 4.78 is 0. The van der Waals surface area contributed by atoms with Gasteiger partial charge in [-0.2, -0.15) is 0 Å². The Morgan fingerprint density at radius 2 is 0.929 bits per heavy atom. The molecule has 2 heteroatoms. The first-order valence-corrected chi connectivity index (χ1v) is 9.57. The second-order valence-electron chi connectivity index (χ2n) is 6.70. The summed E-state index contributed by atoms with van der Waals surface area (Å²) >= 11 is 5.82. The SMILES string of the molecule is O=C(Cl)c1cccc(C(c2ccccc2)(c2ccccc2)c2ccccc2)c1. The Balaban J connectivity index is 2.13. The molecule has 4 rings (SSSR count). The van der Waals surface area contributed by atoms with E-state index in [9.17, 15) is 4.79 Å². The molecule has 0 heterocycles. The van der Waals surface area contributed by atoms with Crippen LogP contribution in [0.15, 0.2) is 115 Å². The van der Waals surface area contributed by atoms with E-state index in [-0.39, 0.29) is 0 Å². The van der Waals surface area contributed by atoms with Crippen LogP contribution in [0, 0.1) is 0 Å². The highest BCUT2D eigenvalue weighted by atomic mass is 35.5. The summed E-state index contributed by atoms with van der Waals surface area (Å²) in [6, 6.07) is 38.8. The van der Waals surface area contributed by atoms with E-state index in [1.54, 1.807) is 6.07 Å². The second kappa shape index (κ2) is 7.84.